The van der Waals surface area contributed by atoms with Crippen molar-refractivity contribution in [1.82, 2.24) is 10.2 Å². The summed E-state index contributed by atoms with van der Waals surface area (Å²) in [5.41, 5.74) is 2.28. The minimum absolute atomic E-state index is 0.0258. The molecule has 8 heteroatoms. The summed E-state index contributed by atoms with van der Waals surface area (Å²) in [6, 6.07) is 12.3. The van der Waals surface area contributed by atoms with Crippen LogP contribution in [-0.2, 0) is 4.79 Å². The van der Waals surface area contributed by atoms with E-state index >= 15 is 0 Å². The fraction of sp³-hybridized carbons (Fsp3) is 0.464. The molecule has 1 saturated heterocycles. The summed E-state index contributed by atoms with van der Waals surface area (Å²) in [5.74, 6) is 0.280. The fourth-order valence-corrected chi connectivity index (χ4v) is 5.00. The number of amides is 3. The standard InChI is InChI=1S/C28H35ClN4O3/c1-19-13-15-33(16-14-19)28(36)20-7-9-22(10-8-20)31-26(34)18-30-23-11-12-25(29)24(17-23)27(35)32-21-5-3-2-4-6-21/h7-12,17,19,21,30H,2-6,13-16,18H2,1H3,(H,31,34)(H,32,35). The Balaban J connectivity index is 1.27. The Morgan fingerprint density at radius 2 is 1.58 bits per heavy atom. The van der Waals surface area contributed by atoms with Crippen molar-refractivity contribution in [2.45, 2.75) is 57.9 Å². The van der Waals surface area contributed by atoms with Crippen LogP contribution in [0.2, 0.25) is 5.02 Å². The van der Waals surface area contributed by atoms with E-state index in [1.165, 1.54) is 6.42 Å². The van der Waals surface area contributed by atoms with E-state index in [1.807, 2.05) is 4.90 Å². The molecule has 0 aromatic heterocycles. The van der Waals surface area contributed by atoms with Gasteiger partial charge in [0.15, 0.2) is 0 Å². The first-order valence-electron chi connectivity index (χ1n) is 12.9. The van der Waals surface area contributed by atoms with Crippen LogP contribution in [0, 0.1) is 5.92 Å². The fourth-order valence-electron chi connectivity index (χ4n) is 4.80. The van der Waals surface area contributed by atoms with E-state index in [0.29, 0.717) is 33.4 Å². The van der Waals surface area contributed by atoms with Gasteiger partial charge < -0.3 is 20.9 Å². The highest BCUT2D eigenvalue weighted by molar-refractivity contribution is 6.34. The molecule has 7 nitrogen and oxygen atoms in total. The maximum absolute atomic E-state index is 12.7. The van der Waals surface area contributed by atoms with Crippen molar-refractivity contribution in [3.63, 3.8) is 0 Å². The van der Waals surface area contributed by atoms with Crippen LogP contribution in [0.4, 0.5) is 11.4 Å². The number of carbonyl (C=O) groups excluding carboxylic acids is 3. The molecule has 4 rings (SSSR count). The van der Waals surface area contributed by atoms with E-state index in [0.717, 1.165) is 51.6 Å². The van der Waals surface area contributed by atoms with Crippen molar-refractivity contribution in [2.75, 3.05) is 30.3 Å². The number of nitrogens with one attached hydrogen (secondary N) is 3. The highest BCUT2D eigenvalue weighted by Crippen LogP contribution is 2.23. The molecule has 3 amide bonds. The highest BCUT2D eigenvalue weighted by Gasteiger charge is 2.21. The normalized spacial score (nSPS) is 16.9. The number of benzene rings is 2. The molecule has 192 valence electrons. The van der Waals surface area contributed by atoms with Gasteiger partial charge in [0.25, 0.3) is 11.8 Å². The van der Waals surface area contributed by atoms with E-state index in [4.69, 9.17) is 11.6 Å². The van der Waals surface area contributed by atoms with Gasteiger partial charge in [-0.15, -0.1) is 0 Å². The van der Waals surface area contributed by atoms with Crippen molar-refractivity contribution >= 4 is 40.7 Å². The molecule has 1 heterocycles. The van der Waals surface area contributed by atoms with Gasteiger partial charge in [-0.25, -0.2) is 0 Å². The molecule has 1 saturated carbocycles. The van der Waals surface area contributed by atoms with Crippen molar-refractivity contribution in [3.05, 3.63) is 58.6 Å². The molecule has 0 spiro atoms. The molecule has 36 heavy (non-hydrogen) atoms. The average Bonchev–Trinajstić information content (AvgIpc) is 2.89. The summed E-state index contributed by atoms with van der Waals surface area (Å²) >= 11 is 6.27. The van der Waals surface area contributed by atoms with Gasteiger partial charge in [-0.3, -0.25) is 14.4 Å². The van der Waals surface area contributed by atoms with Gasteiger partial charge >= 0.3 is 0 Å². The van der Waals surface area contributed by atoms with Gasteiger partial charge in [-0.1, -0.05) is 37.8 Å². The third kappa shape index (κ3) is 7.00. The average molecular weight is 511 g/mol. The summed E-state index contributed by atoms with van der Waals surface area (Å²) in [6.45, 7) is 3.82. The molecule has 0 bridgehead atoms. The molecular formula is C28H35ClN4O3. The molecule has 2 fully saturated rings. The molecule has 0 unspecified atom stereocenters. The Morgan fingerprint density at radius 3 is 2.28 bits per heavy atom. The number of piperidine rings is 1. The minimum atomic E-state index is -0.234. The Bertz CT molecular complexity index is 1070. The lowest BCUT2D eigenvalue weighted by atomic mass is 9.95. The van der Waals surface area contributed by atoms with E-state index < -0.39 is 0 Å². The van der Waals surface area contributed by atoms with E-state index in [-0.39, 0.29) is 30.3 Å². The predicted molar refractivity (Wildman–Crippen MR) is 144 cm³/mol. The topological polar surface area (TPSA) is 90.5 Å². The van der Waals surface area contributed by atoms with Gasteiger partial charge in [-0.05, 0) is 74.1 Å². The summed E-state index contributed by atoms with van der Waals surface area (Å²) in [6.07, 6.45) is 7.54. The monoisotopic (exact) mass is 510 g/mol. The zero-order chi connectivity index (χ0) is 25.5. The number of nitrogens with zero attached hydrogens (tertiary/aromatic N) is 1. The molecular weight excluding hydrogens is 476 g/mol. The summed E-state index contributed by atoms with van der Waals surface area (Å²) in [4.78, 5) is 39.8. The lowest BCUT2D eigenvalue weighted by Gasteiger charge is -2.30. The number of halogens is 1. The van der Waals surface area contributed by atoms with Gasteiger partial charge in [0, 0.05) is 36.1 Å². The van der Waals surface area contributed by atoms with Gasteiger partial charge in [0.05, 0.1) is 17.1 Å². The van der Waals surface area contributed by atoms with Gasteiger partial charge in [0.2, 0.25) is 5.91 Å². The maximum Gasteiger partial charge on any atom is 0.253 e. The second kappa shape index (κ2) is 12.3. The zero-order valence-electron chi connectivity index (χ0n) is 20.8. The summed E-state index contributed by atoms with van der Waals surface area (Å²) in [5, 5.41) is 9.35. The number of hydrogen-bond acceptors (Lipinski definition) is 4. The van der Waals surface area contributed by atoms with Crippen LogP contribution in [0.5, 0.6) is 0 Å². The number of carbonyl (C=O) groups is 3. The summed E-state index contributed by atoms with van der Waals surface area (Å²) < 4.78 is 0. The summed E-state index contributed by atoms with van der Waals surface area (Å²) in [7, 11) is 0. The van der Waals surface area contributed by atoms with Gasteiger partial charge in [0.1, 0.15) is 0 Å². The van der Waals surface area contributed by atoms with Crippen LogP contribution in [0.3, 0.4) is 0 Å². The predicted octanol–water partition coefficient (Wildman–Crippen LogP) is 5.33. The molecule has 0 atom stereocenters. The Labute approximate surface area is 218 Å². The quantitative estimate of drug-likeness (QED) is 0.470. The minimum Gasteiger partial charge on any atom is -0.376 e. The third-order valence-electron chi connectivity index (χ3n) is 7.09. The molecule has 2 aromatic rings. The van der Waals surface area contributed by atoms with E-state index in [2.05, 4.69) is 22.9 Å². The van der Waals surface area contributed by atoms with E-state index in [1.54, 1.807) is 42.5 Å². The Morgan fingerprint density at radius 1 is 0.917 bits per heavy atom. The van der Waals surface area contributed by atoms with Crippen LogP contribution in [0.15, 0.2) is 42.5 Å². The molecule has 1 aliphatic heterocycles. The van der Waals surface area contributed by atoms with E-state index in [9.17, 15) is 14.4 Å². The SMILES string of the molecule is CC1CCN(C(=O)c2ccc(NC(=O)CNc3ccc(Cl)c(C(=O)NC4CCCCC4)c3)cc2)CC1. The smallest absolute Gasteiger partial charge is 0.253 e. The largest absolute Gasteiger partial charge is 0.376 e. The molecule has 2 aliphatic rings. The first-order valence-corrected chi connectivity index (χ1v) is 13.3. The van der Waals surface area contributed by atoms with Crippen LogP contribution in [0.25, 0.3) is 0 Å². The lowest BCUT2D eigenvalue weighted by molar-refractivity contribution is -0.114. The highest BCUT2D eigenvalue weighted by atomic mass is 35.5. The number of rotatable bonds is 7. The molecule has 3 N–H and O–H groups in total. The first kappa shape index (κ1) is 26.0. The first-order chi connectivity index (χ1) is 17.4. The molecule has 2 aromatic carbocycles. The second-order valence-electron chi connectivity index (χ2n) is 9.96. The number of likely N-dealkylation sites (tertiary alicyclic amines) is 1. The number of hydrogen-bond donors (Lipinski definition) is 3. The lowest BCUT2D eigenvalue weighted by Crippen LogP contribution is -2.37. The maximum atomic E-state index is 12.7. The second-order valence-corrected chi connectivity index (χ2v) is 10.4. The van der Waals surface area contributed by atoms with Crippen LogP contribution in [-0.4, -0.2) is 48.3 Å². The van der Waals surface area contributed by atoms with Gasteiger partial charge in [-0.2, -0.15) is 0 Å². The van der Waals surface area contributed by atoms with Crippen molar-refractivity contribution in [2.24, 2.45) is 5.92 Å². The Hall–Kier alpha value is -3.06. The van der Waals surface area contributed by atoms with Crippen molar-refractivity contribution in [1.29, 1.82) is 0 Å². The Kier molecular flexibility index (Phi) is 8.86. The van der Waals surface area contributed by atoms with Crippen LogP contribution in [0.1, 0.15) is 72.6 Å². The van der Waals surface area contributed by atoms with Crippen LogP contribution >= 0.6 is 11.6 Å². The van der Waals surface area contributed by atoms with Crippen molar-refractivity contribution in [3.8, 4) is 0 Å². The molecule has 0 radical (unpaired) electrons. The zero-order valence-corrected chi connectivity index (χ0v) is 21.6. The van der Waals surface area contributed by atoms with Crippen LogP contribution < -0.4 is 16.0 Å². The molecule has 1 aliphatic carbocycles. The number of anilines is 2. The third-order valence-corrected chi connectivity index (χ3v) is 7.42. The van der Waals surface area contributed by atoms with Crippen molar-refractivity contribution < 1.29 is 14.4 Å².